The van der Waals surface area contributed by atoms with Gasteiger partial charge < -0.3 is 15.0 Å². The van der Waals surface area contributed by atoms with Gasteiger partial charge in [-0.3, -0.25) is 4.79 Å². The standard InChI is InChI=1S/C12H13FN2O2/c13-8-1-2-11-10(5-8)12(16)15-4-3-14-6-9(15)7-17-11/h1-2,5,9,14H,3-4,6-7H2. The Labute approximate surface area is 98.4 Å². The molecular formula is C12H13FN2O2. The summed E-state index contributed by atoms with van der Waals surface area (Å²) in [6.45, 7) is 2.59. The lowest BCUT2D eigenvalue weighted by atomic mass is 10.1. The van der Waals surface area contributed by atoms with E-state index < -0.39 is 5.82 Å². The Kier molecular flexibility index (Phi) is 2.48. The molecule has 1 aromatic rings. The number of fused-ring (bicyclic) bond motifs is 2. The molecular weight excluding hydrogens is 223 g/mol. The van der Waals surface area contributed by atoms with Gasteiger partial charge in [0, 0.05) is 19.6 Å². The largest absolute Gasteiger partial charge is 0.491 e. The number of halogens is 1. The first kappa shape index (κ1) is 10.5. The molecule has 1 amide bonds. The zero-order valence-electron chi connectivity index (χ0n) is 9.28. The fraction of sp³-hybridized carbons (Fsp3) is 0.417. The first-order valence-electron chi connectivity index (χ1n) is 5.70. The van der Waals surface area contributed by atoms with Gasteiger partial charge in [0.05, 0.1) is 11.6 Å². The summed E-state index contributed by atoms with van der Waals surface area (Å²) in [5, 5.41) is 3.22. The van der Waals surface area contributed by atoms with Crippen molar-refractivity contribution in [1.82, 2.24) is 10.2 Å². The average Bonchev–Trinajstić information content (AvgIpc) is 2.49. The van der Waals surface area contributed by atoms with Gasteiger partial charge in [0.15, 0.2) is 0 Å². The molecule has 1 saturated heterocycles. The number of piperazine rings is 1. The van der Waals surface area contributed by atoms with Gasteiger partial charge in [-0.25, -0.2) is 4.39 Å². The fourth-order valence-electron chi connectivity index (χ4n) is 2.31. The lowest BCUT2D eigenvalue weighted by molar-refractivity contribution is 0.0606. The molecule has 2 heterocycles. The van der Waals surface area contributed by atoms with Crippen molar-refractivity contribution in [3.8, 4) is 5.75 Å². The molecule has 2 aliphatic heterocycles. The van der Waals surface area contributed by atoms with E-state index in [1.807, 2.05) is 0 Å². The van der Waals surface area contributed by atoms with Crippen LogP contribution in [0, 0.1) is 5.82 Å². The van der Waals surface area contributed by atoms with Crippen LogP contribution in [0.1, 0.15) is 10.4 Å². The molecule has 0 radical (unpaired) electrons. The summed E-state index contributed by atoms with van der Waals surface area (Å²) in [5.74, 6) is -0.0661. The van der Waals surface area contributed by atoms with Crippen LogP contribution in [-0.2, 0) is 0 Å². The molecule has 3 rings (SSSR count). The fourth-order valence-corrected chi connectivity index (χ4v) is 2.31. The number of hydrogen-bond donors (Lipinski definition) is 1. The van der Waals surface area contributed by atoms with Crippen molar-refractivity contribution >= 4 is 5.91 Å². The van der Waals surface area contributed by atoms with Crippen LogP contribution in [0.3, 0.4) is 0 Å². The molecule has 1 atom stereocenters. The van der Waals surface area contributed by atoms with E-state index in [0.29, 0.717) is 24.5 Å². The molecule has 17 heavy (non-hydrogen) atoms. The van der Waals surface area contributed by atoms with Gasteiger partial charge in [-0.05, 0) is 18.2 Å². The number of benzene rings is 1. The highest BCUT2D eigenvalue weighted by atomic mass is 19.1. The summed E-state index contributed by atoms with van der Waals surface area (Å²) in [5.41, 5.74) is 0.328. The van der Waals surface area contributed by atoms with Crippen LogP contribution >= 0.6 is 0 Å². The second-order valence-electron chi connectivity index (χ2n) is 4.31. The highest BCUT2D eigenvalue weighted by molar-refractivity contribution is 5.97. The summed E-state index contributed by atoms with van der Waals surface area (Å²) < 4.78 is 18.8. The molecule has 2 aliphatic rings. The van der Waals surface area contributed by atoms with Crippen LogP contribution in [0.25, 0.3) is 0 Å². The van der Waals surface area contributed by atoms with Gasteiger partial charge in [0.2, 0.25) is 0 Å². The third-order valence-corrected chi connectivity index (χ3v) is 3.21. The number of carbonyl (C=O) groups excluding carboxylic acids is 1. The van der Waals surface area contributed by atoms with Crippen molar-refractivity contribution < 1.29 is 13.9 Å². The predicted octanol–water partition coefficient (Wildman–Crippen LogP) is 0.632. The number of rotatable bonds is 0. The first-order valence-corrected chi connectivity index (χ1v) is 5.70. The number of hydrogen-bond acceptors (Lipinski definition) is 3. The van der Waals surface area contributed by atoms with E-state index in [4.69, 9.17) is 4.74 Å². The zero-order chi connectivity index (χ0) is 11.8. The quantitative estimate of drug-likeness (QED) is 0.718. The summed E-state index contributed by atoms with van der Waals surface area (Å²) in [6, 6.07) is 4.12. The SMILES string of the molecule is O=C1c2cc(F)ccc2OCC2CNCCN12. The van der Waals surface area contributed by atoms with Crippen molar-refractivity contribution in [2.75, 3.05) is 26.2 Å². The Morgan fingerprint density at radius 2 is 2.35 bits per heavy atom. The van der Waals surface area contributed by atoms with Gasteiger partial charge in [0.25, 0.3) is 5.91 Å². The number of nitrogens with zero attached hydrogens (tertiary/aromatic N) is 1. The van der Waals surface area contributed by atoms with Crippen molar-refractivity contribution in [1.29, 1.82) is 0 Å². The van der Waals surface area contributed by atoms with Crippen LogP contribution in [0.2, 0.25) is 0 Å². The van der Waals surface area contributed by atoms with Crippen LogP contribution in [0.4, 0.5) is 4.39 Å². The smallest absolute Gasteiger partial charge is 0.258 e. The highest BCUT2D eigenvalue weighted by Crippen LogP contribution is 2.26. The van der Waals surface area contributed by atoms with E-state index in [0.717, 1.165) is 13.1 Å². The summed E-state index contributed by atoms with van der Waals surface area (Å²) in [6.07, 6.45) is 0. The molecule has 0 saturated carbocycles. The lowest BCUT2D eigenvalue weighted by Gasteiger charge is -2.33. The molecule has 0 aliphatic carbocycles. The normalized spacial score (nSPS) is 23.5. The maximum absolute atomic E-state index is 13.2. The van der Waals surface area contributed by atoms with Gasteiger partial charge in [-0.2, -0.15) is 0 Å². The van der Waals surface area contributed by atoms with Crippen molar-refractivity contribution in [3.05, 3.63) is 29.6 Å². The molecule has 4 nitrogen and oxygen atoms in total. The molecule has 90 valence electrons. The molecule has 1 fully saturated rings. The first-order chi connectivity index (χ1) is 8.25. The topological polar surface area (TPSA) is 41.6 Å². The van der Waals surface area contributed by atoms with Gasteiger partial charge >= 0.3 is 0 Å². The van der Waals surface area contributed by atoms with Crippen LogP contribution < -0.4 is 10.1 Å². The second kappa shape index (κ2) is 4.00. The molecule has 5 heteroatoms. The van der Waals surface area contributed by atoms with E-state index >= 15 is 0 Å². The molecule has 1 unspecified atom stereocenters. The zero-order valence-corrected chi connectivity index (χ0v) is 9.28. The van der Waals surface area contributed by atoms with Crippen LogP contribution in [0.15, 0.2) is 18.2 Å². The predicted molar refractivity (Wildman–Crippen MR) is 59.6 cm³/mol. The molecule has 1 N–H and O–H groups in total. The number of carbonyl (C=O) groups is 1. The van der Waals surface area contributed by atoms with Gasteiger partial charge in [-0.1, -0.05) is 0 Å². The Morgan fingerprint density at radius 1 is 1.47 bits per heavy atom. The lowest BCUT2D eigenvalue weighted by Crippen LogP contribution is -2.54. The minimum Gasteiger partial charge on any atom is -0.491 e. The van der Waals surface area contributed by atoms with Gasteiger partial charge in [-0.15, -0.1) is 0 Å². The molecule has 0 spiro atoms. The summed E-state index contributed by atoms with van der Waals surface area (Å²) >= 11 is 0. The second-order valence-corrected chi connectivity index (χ2v) is 4.31. The van der Waals surface area contributed by atoms with E-state index in [9.17, 15) is 9.18 Å². The van der Waals surface area contributed by atoms with E-state index in [-0.39, 0.29) is 11.9 Å². The molecule has 0 aromatic heterocycles. The number of nitrogens with one attached hydrogen (secondary N) is 1. The molecule has 1 aromatic carbocycles. The Hall–Kier alpha value is -1.62. The number of ether oxygens (including phenoxy) is 1. The Bertz CT molecular complexity index is 464. The Balaban J connectivity index is 2.01. The Morgan fingerprint density at radius 3 is 3.24 bits per heavy atom. The average molecular weight is 236 g/mol. The van der Waals surface area contributed by atoms with Crippen molar-refractivity contribution in [3.63, 3.8) is 0 Å². The minimum atomic E-state index is -0.408. The number of amides is 1. The highest BCUT2D eigenvalue weighted by Gasteiger charge is 2.32. The van der Waals surface area contributed by atoms with Crippen molar-refractivity contribution in [2.24, 2.45) is 0 Å². The minimum absolute atomic E-state index is 0.0340. The third kappa shape index (κ3) is 1.76. The van der Waals surface area contributed by atoms with Crippen LogP contribution in [-0.4, -0.2) is 43.1 Å². The molecule has 0 bridgehead atoms. The van der Waals surface area contributed by atoms with Crippen LogP contribution in [0.5, 0.6) is 5.75 Å². The summed E-state index contributed by atoms with van der Waals surface area (Å²) in [4.78, 5) is 14.0. The van der Waals surface area contributed by atoms with E-state index in [1.165, 1.54) is 18.2 Å². The maximum atomic E-state index is 13.2. The van der Waals surface area contributed by atoms with E-state index in [2.05, 4.69) is 5.32 Å². The third-order valence-electron chi connectivity index (χ3n) is 3.21. The van der Waals surface area contributed by atoms with Gasteiger partial charge in [0.1, 0.15) is 18.2 Å². The monoisotopic (exact) mass is 236 g/mol. The van der Waals surface area contributed by atoms with Crippen molar-refractivity contribution in [2.45, 2.75) is 6.04 Å². The van der Waals surface area contributed by atoms with E-state index in [1.54, 1.807) is 4.90 Å². The maximum Gasteiger partial charge on any atom is 0.258 e. The summed E-state index contributed by atoms with van der Waals surface area (Å²) in [7, 11) is 0.